The molecule has 3 nitrogen and oxygen atoms in total. The molecule has 2 aromatic rings. The lowest BCUT2D eigenvalue weighted by atomic mass is 10.2. The van der Waals surface area contributed by atoms with Crippen molar-refractivity contribution in [1.82, 2.24) is 0 Å². The van der Waals surface area contributed by atoms with E-state index in [2.05, 4.69) is 0 Å². The van der Waals surface area contributed by atoms with E-state index >= 15 is 0 Å². The highest BCUT2D eigenvalue weighted by molar-refractivity contribution is 6.31. The highest BCUT2D eigenvalue weighted by Gasteiger charge is 2.25. The van der Waals surface area contributed by atoms with Crippen LogP contribution in [-0.4, -0.2) is 19.3 Å². The third kappa shape index (κ3) is 3.83. The Morgan fingerprint density at radius 3 is 2.33 bits per heavy atom. The number of rotatable bonds is 4. The Kier molecular flexibility index (Phi) is 4.88. The first-order valence-corrected chi connectivity index (χ1v) is 7.34. The first-order valence-electron chi connectivity index (χ1n) is 6.96. The van der Waals surface area contributed by atoms with Crippen LogP contribution in [0.1, 0.15) is 17.4 Å². The second kappa shape index (κ2) is 7.05. The molecule has 1 fully saturated rings. The highest BCUT2D eigenvalue weighted by Crippen LogP contribution is 2.29. The molecule has 0 aromatic heterocycles. The zero-order chi connectivity index (χ0) is 14.5. The minimum absolute atomic E-state index is 0.0519. The van der Waals surface area contributed by atoms with Crippen LogP contribution in [0.5, 0.6) is 0 Å². The molecule has 0 radical (unpaired) electrons. The highest BCUT2D eigenvalue weighted by atomic mass is 35.5. The second-order valence-corrected chi connectivity index (χ2v) is 5.35. The quantitative estimate of drug-likeness (QED) is 0.855. The molecule has 4 heteroatoms. The van der Waals surface area contributed by atoms with Gasteiger partial charge in [-0.2, -0.15) is 0 Å². The van der Waals surface area contributed by atoms with Crippen molar-refractivity contribution >= 4 is 11.6 Å². The first-order chi connectivity index (χ1) is 10.3. The van der Waals surface area contributed by atoms with Crippen molar-refractivity contribution in [3.8, 4) is 0 Å². The monoisotopic (exact) mass is 304 g/mol. The average molecular weight is 305 g/mol. The molecule has 1 heterocycles. The molecule has 0 bridgehead atoms. The predicted octanol–water partition coefficient (Wildman–Crippen LogP) is 3.97. The number of halogens is 1. The summed E-state index contributed by atoms with van der Waals surface area (Å²) in [4.78, 5) is 0. The lowest BCUT2D eigenvalue weighted by Gasteiger charge is -2.30. The fourth-order valence-electron chi connectivity index (χ4n) is 2.22. The molecule has 110 valence electrons. The summed E-state index contributed by atoms with van der Waals surface area (Å²) >= 11 is 6.14. The maximum absolute atomic E-state index is 6.14. The van der Waals surface area contributed by atoms with Gasteiger partial charge in [0.05, 0.1) is 19.8 Å². The molecule has 0 aliphatic carbocycles. The topological polar surface area (TPSA) is 27.7 Å². The summed E-state index contributed by atoms with van der Waals surface area (Å²) in [6.07, 6.45) is -0.459. The summed E-state index contributed by atoms with van der Waals surface area (Å²) in [6, 6.07) is 17.6. The van der Waals surface area contributed by atoms with Crippen molar-refractivity contribution in [2.45, 2.75) is 19.0 Å². The van der Waals surface area contributed by atoms with Gasteiger partial charge in [0.15, 0.2) is 6.29 Å². The van der Waals surface area contributed by atoms with Gasteiger partial charge in [0.1, 0.15) is 6.10 Å². The van der Waals surface area contributed by atoms with Gasteiger partial charge in [-0.05, 0) is 11.6 Å². The van der Waals surface area contributed by atoms with E-state index in [1.54, 1.807) is 0 Å². The van der Waals surface area contributed by atoms with Crippen LogP contribution < -0.4 is 0 Å². The standard InChI is InChI=1S/C17H17ClO3/c18-16-9-5-4-8-15(16)17-20-11-14(12-21-17)19-10-13-6-2-1-3-7-13/h1-9,14,17H,10-12H2/t14-,17+. The molecule has 2 aromatic carbocycles. The van der Waals surface area contributed by atoms with Gasteiger partial charge in [0, 0.05) is 10.6 Å². The maximum Gasteiger partial charge on any atom is 0.185 e. The van der Waals surface area contributed by atoms with E-state index in [0.29, 0.717) is 24.8 Å². The van der Waals surface area contributed by atoms with Gasteiger partial charge in [-0.15, -0.1) is 0 Å². The van der Waals surface area contributed by atoms with Gasteiger partial charge in [-0.1, -0.05) is 60.1 Å². The van der Waals surface area contributed by atoms with Crippen molar-refractivity contribution in [2.24, 2.45) is 0 Å². The minimum Gasteiger partial charge on any atom is -0.369 e. The third-order valence-electron chi connectivity index (χ3n) is 3.35. The molecule has 1 aliphatic rings. The van der Waals surface area contributed by atoms with Gasteiger partial charge in [-0.25, -0.2) is 0 Å². The molecule has 0 amide bonds. The molecule has 0 spiro atoms. The van der Waals surface area contributed by atoms with Crippen LogP contribution in [-0.2, 0) is 20.8 Å². The van der Waals surface area contributed by atoms with Gasteiger partial charge in [-0.3, -0.25) is 0 Å². The summed E-state index contributed by atoms with van der Waals surface area (Å²) in [5, 5.41) is 0.658. The second-order valence-electron chi connectivity index (χ2n) is 4.94. The summed E-state index contributed by atoms with van der Waals surface area (Å²) in [5.74, 6) is 0. The number of hydrogen-bond acceptors (Lipinski definition) is 3. The van der Waals surface area contributed by atoms with E-state index < -0.39 is 6.29 Å². The molecule has 0 atom stereocenters. The van der Waals surface area contributed by atoms with Gasteiger partial charge >= 0.3 is 0 Å². The van der Waals surface area contributed by atoms with Crippen LogP contribution in [0.4, 0.5) is 0 Å². The smallest absolute Gasteiger partial charge is 0.185 e. The Balaban J connectivity index is 1.50. The van der Waals surface area contributed by atoms with Crippen LogP contribution in [0.25, 0.3) is 0 Å². The van der Waals surface area contributed by atoms with E-state index in [1.807, 2.05) is 54.6 Å². The van der Waals surface area contributed by atoms with Crippen molar-refractivity contribution in [1.29, 1.82) is 0 Å². The molecule has 0 saturated carbocycles. The van der Waals surface area contributed by atoms with Crippen LogP contribution in [0.3, 0.4) is 0 Å². The van der Waals surface area contributed by atoms with Gasteiger partial charge in [0.2, 0.25) is 0 Å². The maximum atomic E-state index is 6.14. The Labute approximate surface area is 129 Å². The third-order valence-corrected chi connectivity index (χ3v) is 3.70. The molecule has 3 rings (SSSR count). The van der Waals surface area contributed by atoms with Crippen molar-refractivity contribution in [3.05, 3.63) is 70.7 Å². The van der Waals surface area contributed by atoms with Gasteiger partial charge in [0.25, 0.3) is 0 Å². The Hall–Kier alpha value is -1.39. The van der Waals surface area contributed by atoms with Crippen LogP contribution in [0, 0.1) is 0 Å². The average Bonchev–Trinajstić information content (AvgIpc) is 2.55. The largest absolute Gasteiger partial charge is 0.369 e. The summed E-state index contributed by atoms with van der Waals surface area (Å²) in [7, 11) is 0. The lowest BCUT2D eigenvalue weighted by Crippen LogP contribution is -2.33. The van der Waals surface area contributed by atoms with Crippen LogP contribution in [0.15, 0.2) is 54.6 Å². The van der Waals surface area contributed by atoms with Crippen molar-refractivity contribution in [3.63, 3.8) is 0 Å². The van der Waals surface area contributed by atoms with E-state index in [4.69, 9.17) is 25.8 Å². The zero-order valence-corrected chi connectivity index (χ0v) is 12.3. The predicted molar refractivity (Wildman–Crippen MR) is 81.1 cm³/mol. The molecule has 1 aliphatic heterocycles. The summed E-state index contributed by atoms with van der Waals surface area (Å²) < 4.78 is 17.2. The summed E-state index contributed by atoms with van der Waals surface area (Å²) in [6.45, 7) is 1.57. The Bertz CT molecular complexity index is 565. The molecular weight excluding hydrogens is 288 g/mol. The molecule has 0 unspecified atom stereocenters. The Morgan fingerprint density at radius 2 is 1.62 bits per heavy atom. The van der Waals surface area contributed by atoms with Crippen molar-refractivity contribution in [2.75, 3.05) is 13.2 Å². The Morgan fingerprint density at radius 1 is 0.952 bits per heavy atom. The van der Waals surface area contributed by atoms with Crippen molar-refractivity contribution < 1.29 is 14.2 Å². The minimum atomic E-state index is -0.407. The van der Waals surface area contributed by atoms with E-state index in [9.17, 15) is 0 Å². The van der Waals surface area contributed by atoms with Gasteiger partial charge < -0.3 is 14.2 Å². The molecule has 21 heavy (non-hydrogen) atoms. The zero-order valence-electron chi connectivity index (χ0n) is 11.6. The van der Waals surface area contributed by atoms with E-state index in [-0.39, 0.29) is 6.10 Å². The molecule has 0 N–H and O–H groups in total. The van der Waals surface area contributed by atoms with Crippen LogP contribution in [0.2, 0.25) is 5.02 Å². The van der Waals surface area contributed by atoms with E-state index in [1.165, 1.54) is 0 Å². The fourth-order valence-corrected chi connectivity index (χ4v) is 2.44. The summed E-state index contributed by atoms with van der Waals surface area (Å²) in [5.41, 5.74) is 2.01. The SMILES string of the molecule is Clc1ccccc1[C@H]1OC[C@@H](OCc2ccccc2)CO1. The first kappa shape index (κ1) is 14.5. The number of ether oxygens (including phenoxy) is 3. The lowest BCUT2D eigenvalue weighted by molar-refractivity contribution is -0.232. The fraction of sp³-hybridized carbons (Fsp3) is 0.294. The normalized spacial score (nSPS) is 22.1. The number of benzene rings is 2. The molecule has 1 saturated heterocycles. The number of hydrogen-bond donors (Lipinski definition) is 0. The van der Waals surface area contributed by atoms with E-state index in [0.717, 1.165) is 11.1 Å². The van der Waals surface area contributed by atoms with Crippen LogP contribution >= 0.6 is 11.6 Å². The molecular formula is C17H17ClO3.